The Morgan fingerprint density at radius 1 is 1.38 bits per heavy atom. The van der Waals surface area contributed by atoms with Gasteiger partial charge >= 0.3 is 0 Å². The van der Waals surface area contributed by atoms with Crippen molar-refractivity contribution < 1.29 is 14.7 Å². The van der Waals surface area contributed by atoms with Crippen molar-refractivity contribution in [2.45, 2.75) is 39.2 Å². The first-order valence-corrected chi connectivity index (χ1v) is 5.66. The second kappa shape index (κ2) is 8.10. The van der Waals surface area contributed by atoms with Gasteiger partial charge in [0.15, 0.2) is 0 Å². The fourth-order valence-corrected chi connectivity index (χ4v) is 1.26. The lowest BCUT2D eigenvalue weighted by Crippen LogP contribution is -2.34. The van der Waals surface area contributed by atoms with Gasteiger partial charge in [-0.1, -0.05) is 6.92 Å². The molecule has 0 rings (SSSR count). The SMILES string of the molecule is CCCNC(=O)CCC(=O)N(C)CC(C)O. The van der Waals surface area contributed by atoms with E-state index in [1.54, 1.807) is 14.0 Å². The van der Waals surface area contributed by atoms with Crippen LogP contribution in [0.4, 0.5) is 0 Å². The molecule has 0 saturated heterocycles. The summed E-state index contributed by atoms with van der Waals surface area (Å²) >= 11 is 0. The van der Waals surface area contributed by atoms with E-state index in [4.69, 9.17) is 5.11 Å². The molecule has 0 spiro atoms. The number of aliphatic hydroxyl groups is 1. The third-order valence-corrected chi connectivity index (χ3v) is 2.10. The average molecular weight is 230 g/mol. The Morgan fingerprint density at radius 3 is 2.50 bits per heavy atom. The van der Waals surface area contributed by atoms with Crippen molar-refractivity contribution in [3.8, 4) is 0 Å². The zero-order valence-corrected chi connectivity index (χ0v) is 10.3. The number of nitrogens with zero attached hydrogens (tertiary/aromatic N) is 1. The molecule has 0 aliphatic rings. The van der Waals surface area contributed by atoms with Gasteiger partial charge < -0.3 is 15.3 Å². The second-order valence-corrected chi connectivity index (χ2v) is 3.97. The van der Waals surface area contributed by atoms with Gasteiger partial charge in [0, 0.05) is 33.0 Å². The first-order chi connectivity index (χ1) is 7.47. The Kier molecular flexibility index (Phi) is 7.54. The summed E-state index contributed by atoms with van der Waals surface area (Å²) in [7, 11) is 1.62. The van der Waals surface area contributed by atoms with Crippen molar-refractivity contribution in [3.05, 3.63) is 0 Å². The predicted molar refractivity (Wildman–Crippen MR) is 61.9 cm³/mol. The molecule has 0 radical (unpaired) electrons. The molecule has 16 heavy (non-hydrogen) atoms. The van der Waals surface area contributed by atoms with Crippen molar-refractivity contribution in [1.82, 2.24) is 10.2 Å². The van der Waals surface area contributed by atoms with Crippen LogP contribution in [0.3, 0.4) is 0 Å². The zero-order valence-electron chi connectivity index (χ0n) is 10.3. The van der Waals surface area contributed by atoms with Gasteiger partial charge in [0.1, 0.15) is 0 Å². The van der Waals surface area contributed by atoms with Gasteiger partial charge in [-0.3, -0.25) is 9.59 Å². The predicted octanol–water partition coefficient (Wildman–Crippen LogP) is 0.132. The summed E-state index contributed by atoms with van der Waals surface area (Å²) in [6, 6.07) is 0. The maximum atomic E-state index is 11.5. The Balaban J connectivity index is 3.75. The minimum atomic E-state index is -0.539. The third kappa shape index (κ3) is 7.23. The molecule has 2 N–H and O–H groups in total. The molecule has 5 nitrogen and oxygen atoms in total. The number of nitrogens with one attached hydrogen (secondary N) is 1. The lowest BCUT2D eigenvalue weighted by Gasteiger charge is -2.18. The average Bonchev–Trinajstić information content (AvgIpc) is 2.21. The van der Waals surface area contributed by atoms with Crippen LogP contribution in [-0.2, 0) is 9.59 Å². The highest BCUT2D eigenvalue weighted by atomic mass is 16.3. The van der Waals surface area contributed by atoms with E-state index in [1.165, 1.54) is 4.90 Å². The highest BCUT2D eigenvalue weighted by molar-refractivity contribution is 5.83. The molecule has 0 aromatic carbocycles. The molecule has 0 aliphatic heterocycles. The fraction of sp³-hybridized carbons (Fsp3) is 0.818. The monoisotopic (exact) mass is 230 g/mol. The van der Waals surface area contributed by atoms with E-state index in [2.05, 4.69) is 5.32 Å². The van der Waals surface area contributed by atoms with Gasteiger partial charge in [-0.05, 0) is 13.3 Å². The summed E-state index contributed by atoms with van der Waals surface area (Å²) in [6.07, 6.45) is 0.756. The third-order valence-electron chi connectivity index (χ3n) is 2.10. The van der Waals surface area contributed by atoms with Crippen molar-refractivity contribution >= 4 is 11.8 Å². The molecule has 0 aromatic rings. The summed E-state index contributed by atoms with van der Waals surface area (Å²) in [6.45, 7) is 4.55. The first kappa shape index (κ1) is 14.9. The van der Waals surface area contributed by atoms with E-state index in [9.17, 15) is 9.59 Å². The second-order valence-electron chi connectivity index (χ2n) is 3.97. The molecule has 0 bridgehead atoms. The number of hydrogen-bond acceptors (Lipinski definition) is 3. The maximum Gasteiger partial charge on any atom is 0.222 e. The minimum absolute atomic E-state index is 0.0966. The molecule has 1 unspecified atom stereocenters. The van der Waals surface area contributed by atoms with Crippen LogP contribution < -0.4 is 5.32 Å². The van der Waals surface area contributed by atoms with Crippen LogP contribution in [0.15, 0.2) is 0 Å². The molecular formula is C11H22N2O3. The Morgan fingerprint density at radius 2 is 2.00 bits per heavy atom. The van der Waals surface area contributed by atoms with E-state index in [0.717, 1.165) is 6.42 Å². The zero-order chi connectivity index (χ0) is 12.6. The number of carbonyl (C=O) groups is 2. The van der Waals surface area contributed by atoms with E-state index in [0.29, 0.717) is 13.1 Å². The van der Waals surface area contributed by atoms with Gasteiger partial charge in [-0.15, -0.1) is 0 Å². The largest absolute Gasteiger partial charge is 0.392 e. The van der Waals surface area contributed by atoms with E-state index >= 15 is 0 Å². The van der Waals surface area contributed by atoms with E-state index < -0.39 is 6.10 Å². The van der Waals surface area contributed by atoms with Crippen LogP contribution in [0.25, 0.3) is 0 Å². The van der Waals surface area contributed by atoms with Crippen LogP contribution in [0.1, 0.15) is 33.1 Å². The lowest BCUT2D eigenvalue weighted by atomic mass is 10.2. The van der Waals surface area contributed by atoms with Crippen molar-refractivity contribution in [3.63, 3.8) is 0 Å². The molecule has 5 heteroatoms. The van der Waals surface area contributed by atoms with Crippen LogP contribution in [0.5, 0.6) is 0 Å². The number of rotatable bonds is 7. The molecule has 0 heterocycles. The Labute approximate surface area is 96.8 Å². The van der Waals surface area contributed by atoms with Crippen LogP contribution in [0, 0.1) is 0 Å². The highest BCUT2D eigenvalue weighted by Crippen LogP contribution is 1.97. The summed E-state index contributed by atoms with van der Waals surface area (Å²) in [5, 5.41) is 11.8. The molecule has 0 aliphatic carbocycles. The molecular weight excluding hydrogens is 208 g/mol. The number of carbonyl (C=O) groups excluding carboxylic acids is 2. The van der Waals surface area contributed by atoms with Crippen molar-refractivity contribution in [2.24, 2.45) is 0 Å². The van der Waals surface area contributed by atoms with Gasteiger partial charge in [0.05, 0.1) is 6.10 Å². The summed E-state index contributed by atoms with van der Waals surface area (Å²) < 4.78 is 0. The molecule has 0 fully saturated rings. The Bertz CT molecular complexity index is 229. The van der Waals surface area contributed by atoms with Gasteiger partial charge in [0.25, 0.3) is 0 Å². The van der Waals surface area contributed by atoms with Gasteiger partial charge in [-0.25, -0.2) is 0 Å². The normalized spacial score (nSPS) is 12.0. The van der Waals surface area contributed by atoms with Gasteiger partial charge in [0.2, 0.25) is 11.8 Å². The number of amides is 2. The minimum Gasteiger partial charge on any atom is -0.392 e. The summed E-state index contributed by atoms with van der Waals surface area (Å²) in [4.78, 5) is 24.2. The standard InChI is InChI=1S/C11H22N2O3/c1-4-7-12-10(15)5-6-11(16)13(3)8-9(2)14/h9,14H,4-8H2,1-3H3,(H,12,15). The Hall–Kier alpha value is -1.10. The van der Waals surface area contributed by atoms with E-state index in [-0.39, 0.29) is 24.7 Å². The number of likely N-dealkylation sites (N-methyl/N-ethyl adjacent to an activating group) is 1. The molecule has 2 amide bonds. The maximum absolute atomic E-state index is 11.5. The molecule has 0 saturated carbocycles. The fourth-order valence-electron chi connectivity index (χ4n) is 1.26. The van der Waals surface area contributed by atoms with Gasteiger partial charge in [-0.2, -0.15) is 0 Å². The first-order valence-electron chi connectivity index (χ1n) is 5.66. The number of hydrogen-bond donors (Lipinski definition) is 2. The van der Waals surface area contributed by atoms with Crippen molar-refractivity contribution in [2.75, 3.05) is 20.1 Å². The summed E-state index contributed by atoms with van der Waals surface area (Å²) in [5.41, 5.74) is 0. The van der Waals surface area contributed by atoms with Crippen LogP contribution in [-0.4, -0.2) is 48.1 Å². The van der Waals surface area contributed by atoms with Crippen LogP contribution >= 0.6 is 0 Å². The van der Waals surface area contributed by atoms with E-state index in [1.807, 2.05) is 6.92 Å². The summed E-state index contributed by atoms with van der Waals surface area (Å²) in [5.74, 6) is -0.215. The van der Waals surface area contributed by atoms with Crippen LogP contribution in [0.2, 0.25) is 0 Å². The quantitative estimate of drug-likeness (QED) is 0.653. The smallest absolute Gasteiger partial charge is 0.222 e. The topological polar surface area (TPSA) is 69.6 Å². The highest BCUT2D eigenvalue weighted by Gasteiger charge is 2.12. The molecule has 1 atom stereocenters. The lowest BCUT2D eigenvalue weighted by molar-refractivity contribution is -0.133. The molecule has 0 aromatic heterocycles. The van der Waals surface area contributed by atoms with Crippen molar-refractivity contribution in [1.29, 1.82) is 0 Å². The molecule has 94 valence electrons. The number of aliphatic hydroxyl groups excluding tert-OH is 1.